The third kappa shape index (κ3) is 2.72. The topological polar surface area (TPSA) is 79.4 Å². The third-order valence-electron chi connectivity index (χ3n) is 2.99. The van der Waals surface area contributed by atoms with Crippen LogP contribution in [0.15, 0.2) is 55.1 Å². The summed E-state index contributed by atoms with van der Waals surface area (Å²) in [4.78, 5) is 8.12. The fourth-order valence-electron chi connectivity index (χ4n) is 2.02. The average molecular weight is 276 g/mol. The van der Waals surface area contributed by atoms with Crippen molar-refractivity contribution in [1.29, 1.82) is 5.26 Å². The minimum absolute atomic E-state index is 0.286. The Morgan fingerprint density at radius 2 is 1.95 bits per heavy atom. The van der Waals surface area contributed by atoms with E-state index in [1.807, 2.05) is 42.6 Å². The van der Waals surface area contributed by atoms with E-state index in [0.717, 1.165) is 11.3 Å². The molecule has 0 radical (unpaired) electrons. The molecule has 2 heterocycles. The molecule has 3 rings (SSSR count). The van der Waals surface area contributed by atoms with Crippen LogP contribution in [0.4, 0.5) is 5.82 Å². The van der Waals surface area contributed by atoms with Gasteiger partial charge in [0.15, 0.2) is 11.5 Å². The van der Waals surface area contributed by atoms with Gasteiger partial charge in [0.05, 0.1) is 5.69 Å². The maximum absolute atomic E-state index is 9.01. The van der Waals surface area contributed by atoms with Crippen molar-refractivity contribution in [3.63, 3.8) is 0 Å². The molecule has 1 aromatic carbocycles. The molecule has 102 valence electrons. The number of nitrogens with one attached hydrogen (secondary N) is 1. The number of nitrogens with zero attached hydrogens (tertiary/aromatic N) is 5. The van der Waals surface area contributed by atoms with E-state index in [4.69, 9.17) is 5.26 Å². The maximum Gasteiger partial charge on any atom is 0.182 e. The number of nitriles is 1. The number of anilines is 1. The number of hydrogen-bond acceptors (Lipinski definition) is 5. The SMILES string of the molecule is N#Cc1nccnc1NCc1ccccc1-n1cccn1. The van der Waals surface area contributed by atoms with Gasteiger partial charge >= 0.3 is 0 Å². The van der Waals surface area contributed by atoms with E-state index in [2.05, 4.69) is 20.4 Å². The quantitative estimate of drug-likeness (QED) is 0.789. The van der Waals surface area contributed by atoms with Crippen molar-refractivity contribution in [3.8, 4) is 11.8 Å². The smallest absolute Gasteiger partial charge is 0.182 e. The summed E-state index contributed by atoms with van der Waals surface area (Å²) < 4.78 is 1.80. The van der Waals surface area contributed by atoms with E-state index in [9.17, 15) is 0 Å². The molecule has 21 heavy (non-hydrogen) atoms. The number of rotatable bonds is 4. The summed E-state index contributed by atoms with van der Waals surface area (Å²) in [5.74, 6) is 0.482. The van der Waals surface area contributed by atoms with E-state index in [-0.39, 0.29) is 5.69 Å². The number of benzene rings is 1. The van der Waals surface area contributed by atoms with Crippen LogP contribution in [0.2, 0.25) is 0 Å². The Morgan fingerprint density at radius 1 is 1.10 bits per heavy atom. The van der Waals surface area contributed by atoms with Gasteiger partial charge in [-0.15, -0.1) is 0 Å². The molecule has 0 aliphatic carbocycles. The maximum atomic E-state index is 9.01. The van der Waals surface area contributed by atoms with Crippen molar-refractivity contribution in [3.05, 3.63) is 66.4 Å². The van der Waals surface area contributed by atoms with Gasteiger partial charge in [-0.25, -0.2) is 14.6 Å². The predicted octanol–water partition coefficient (Wildman–Crippen LogP) is 2.15. The highest BCUT2D eigenvalue weighted by Gasteiger charge is 2.07. The van der Waals surface area contributed by atoms with Crippen molar-refractivity contribution >= 4 is 5.82 Å². The highest BCUT2D eigenvalue weighted by molar-refractivity contribution is 5.49. The minimum atomic E-state index is 0.286. The van der Waals surface area contributed by atoms with Gasteiger partial charge in [0.25, 0.3) is 0 Å². The minimum Gasteiger partial charge on any atom is -0.363 e. The molecule has 6 nitrogen and oxygen atoms in total. The van der Waals surface area contributed by atoms with Crippen LogP contribution < -0.4 is 5.32 Å². The molecule has 0 amide bonds. The molecule has 3 aromatic rings. The zero-order valence-electron chi connectivity index (χ0n) is 11.1. The summed E-state index contributed by atoms with van der Waals surface area (Å²) in [5.41, 5.74) is 2.32. The van der Waals surface area contributed by atoms with Crippen LogP contribution in [0, 0.1) is 11.3 Å². The lowest BCUT2D eigenvalue weighted by atomic mass is 10.2. The summed E-state index contributed by atoms with van der Waals surface area (Å²) in [6, 6.07) is 11.8. The van der Waals surface area contributed by atoms with Gasteiger partial charge in [-0.05, 0) is 17.7 Å². The first-order valence-electron chi connectivity index (χ1n) is 6.41. The molecule has 6 heteroatoms. The van der Waals surface area contributed by atoms with Gasteiger partial charge in [-0.2, -0.15) is 10.4 Å². The van der Waals surface area contributed by atoms with Crippen LogP contribution in [-0.4, -0.2) is 19.7 Å². The lowest BCUT2D eigenvalue weighted by molar-refractivity contribution is 0.863. The molecule has 0 fully saturated rings. The van der Waals surface area contributed by atoms with E-state index in [0.29, 0.717) is 12.4 Å². The van der Waals surface area contributed by atoms with Gasteiger partial charge in [0, 0.05) is 31.3 Å². The van der Waals surface area contributed by atoms with Crippen LogP contribution in [0.25, 0.3) is 5.69 Å². The summed E-state index contributed by atoms with van der Waals surface area (Å²) in [6.45, 7) is 0.531. The summed E-state index contributed by atoms with van der Waals surface area (Å²) in [7, 11) is 0. The van der Waals surface area contributed by atoms with Gasteiger partial charge in [0.1, 0.15) is 6.07 Å². The Balaban J connectivity index is 1.85. The zero-order valence-corrected chi connectivity index (χ0v) is 11.1. The average Bonchev–Trinajstić information content (AvgIpc) is 3.08. The zero-order chi connectivity index (χ0) is 14.5. The normalized spacial score (nSPS) is 10.0. The third-order valence-corrected chi connectivity index (χ3v) is 2.99. The van der Waals surface area contributed by atoms with Crippen molar-refractivity contribution in [2.45, 2.75) is 6.54 Å². The fourth-order valence-corrected chi connectivity index (χ4v) is 2.02. The second-order valence-electron chi connectivity index (χ2n) is 4.30. The predicted molar refractivity (Wildman–Crippen MR) is 77.6 cm³/mol. The Hall–Kier alpha value is -3.20. The molecule has 0 spiro atoms. The molecule has 0 atom stereocenters. The Morgan fingerprint density at radius 3 is 2.76 bits per heavy atom. The second-order valence-corrected chi connectivity index (χ2v) is 4.30. The molecular weight excluding hydrogens is 264 g/mol. The Kier molecular flexibility index (Phi) is 3.56. The summed E-state index contributed by atoms with van der Waals surface area (Å²) in [5, 5.41) is 16.4. The summed E-state index contributed by atoms with van der Waals surface area (Å²) >= 11 is 0. The summed E-state index contributed by atoms with van der Waals surface area (Å²) in [6.07, 6.45) is 6.69. The molecular formula is C15H12N6. The van der Waals surface area contributed by atoms with E-state index in [1.54, 1.807) is 17.1 Å². The van der Waals surface area contributed by atoms with Crippen LogP contribution in [0.5, 0.6) is 0 Å². The van der Waals surface area contributed by atoms with Crippen molar-refractivity contribution in [1.82, 2.24) is 19.7 Å². The van der Waals surface area contributed by atoms with E-state index in [1.165, 1.54) is 6.20 Å². The standard InChI is InChI=1S/C15H12N6/c16-10-13-15(18-8-7-17-13)19-11-12-4-1-2-5-14(12)21-9-3-6-20-21/h1-9H,11H2,(H,18,19). The van der Waals surface area contributed by atoms with Crippen LogP contribution in [0.3, 0.4) is 0 Å². The van der Waals surface area contributed by atoms with Gasteiger partial charge in [0.2, 0.25) is 0 Å². The lowest BCUT2D eigenvalue weighted by Crippen LogP contribution is -2.08. The highest BCUT2D eigenvalue weighted by atomic mass is 15.3. The highest BCUT2D eigenvalue weighted by Crippen LogP contribution is 2.15. The molecule has 0 aliphatic heterocycles. The van der Waals surface area contributed by atoms with Crippen LogP contribution in [-0.2, 0) is 6.54 Å². The van der Waals surface area contributed by atoms with E-state index >= 15 is 0 Å². The van der Waals surface area contributed by atoms with Gasteiger partial charge in [-0.1, -0.05) is 18.2 Å². The fraction of sp³-hybridized carbons (Fsp3) is 0.0667. The molecule has 0 saturated heterocycles. The number of hydrogen-bond donors (Lipinski definition) is 1. The Bertz CT molecular complexity index is 773. The molecule has 2 aromatic heterocycles. The van der Waals surface area contributed by atoms with Gasteiger partial charge < -0.3 is 5.32 Å². The first kappa shape index (κ1) is 12.8. The van der Waals surface area contributed by atoms with Crippen molar-refractivity contribution in [2.75, 3.05) is 5.32 Å². The van der Waals surface area contributed by atoms with Gasteiger partial charge in [-0.3, -0.25) is 0 Å². The first-order chi connectivity index (χ1) is 10.4. The molecule has 0 aliphatic rings. The molecule has 0 unspecified atom stereocenters. The molecule has 1 N–H and O–H groups in total. The van der Waals surface area contributed by atoms with E-state index < -0.39 is 0 Å². The number of aromatic nitrogens is 4. The van der Waals surface area contributed by atoms with Crippen molar-refractivity contribution < 1.29 is 0 Å². The number of para-hydroxylation sites is 1. The van der Waals surface area contributed by atoms with Crippen molar-refractivity contribution in [2.24, 2.45) is 0 Å². The molecule has 0 bridgehead atoms. The van der Waals surface area contributed by atoms with Crippen LogP contribution >= 0.6 is 0 Å². The first-order valence-corrected chi connectivity index (χ1v) is 6.41. The lowest BCUT2D eigenvalue weighted by Gasteiger charge is -2.11. The van der Waals surface area contributed by atoms with Crippen LogP contribution in [0.1, 0.15) is 11.3 Å². The largest absolute Gasteiger partial charge is 0.363 e. The molecule has 0 saturated carbocycles. The second kappa shape index (κ2) is 5.84. The Labute approximate surface area is 121 Å². The monoisotopic (exact) mass is 276 g/mol.